The summed E-state index contributed by atoms with van der Waals surface area (Å²) >= 11 is 0. The predicted octanol–water partition coefficient (Wildman–Crippen LogP) is 1.03. The molecule has 104 valence electrons. The number of aromatic nitrogens is 1. The molecular formula is C14H21N3O2. The van der Waals surface area contributed by atoms with Gasteiger partial charge in [-0.2, -0.15) is 0 Å². The number of nitrogens with one attached hydrogen (secondary N) is 3. The van der Waals surface area contributed by atoms with Crippen LogP contribution in [0, 0.1) is 0 Å². The topological polar surface area (TPSA) is 74.0 Å². The molecule has 0 atom stereocenters. The standard InChI is InChI=1S/C14H21N3O2/c1-2-16-10-3-5-11(6-4-10)17-14(19)12-9-15-8-7-13(12)18/h7-11,16H,2-6H2,1H3,(H,15,18)(H,17,19). The quantitative estimate of drug-likeness (QED) is 0.759. The molecule has 1 heterocycles. The number of hydrogen-bond donors (Lipinski definition) is 3. The van der Waals surface area contributed by atoms with Crippen LogP contribution < -0.4 is 16.1 Å². The van der Waals surface area contributed by atoms with Crippen molar-refractivity contribution in [1.29, 1.82) is 0 Å². The van der Waals surface area contributed by atoms with Crippen molar-refractivity contribution in [3.05, 3.63) is 34.2 Å². The largest absolute Gasteiger partial charge is 0.367 e. The normalized spacial score (nSPS) is 23.0. The Morgan fingerprint density at radius 3 is 2.63 bits per heavy atom. The van der Waals surface area contributed by atoms with Gasteiger partial charge in [-0.3, -0.25) is 9.59 Å². The molecule has 0 aliphatic heterocycles. The monoisotopic (exact) mass is 263 g/mol. The zero-order valence-electron chi connectivity index (χ0n) is 11.2. The van der Waals surface area contributed by atoms with Crippen LogP contribution in [0.25, 0.3) is 0 Å². The number of rotatable bonds is 4. The van der Waals surface area contributed by atoms with Crippen LogP contribution in [0.2, 0.25) is 0 Å². The van der Waals surface area contributed by atoms with Crippen molar-refractivity contribution in [2.75, 3.05) is 6.54 Å². The minimum Gasteiger partial charge on any atom is -0.367 e. The number of H-pyrrole nitrogens is 1. The van der Waals surface area contributed by atoms with Gasteiger partial charge in [-0.15, -0.1) is 0 Å². The van der Waals surface area contributed by atoms with E-state index in [9.17, 15) is 9.59 Å². The number of aromatic amines is 1. The summed E-state index contributed by atoms with van der Waals surface area (Å²) < 4.78 is 0. The molecule has 0 aromatic carbocycles. The SMILES string of the molecule is CCNC1CCC(NC(=O)c2c[nH]ccc2=O)CC1. The maximum atomic E-state index is 12.0. The fourth-order valence-electron chi connectivity index (χ4n) is 2.59. The van der Waals surface area contributed by atoms with Crippen LogP contribution in [-0.2, 0) is 0 Å². The Kier molecular flexibility index (Phi) is 4.74. The Morgan fingerprint density at radius 2 is 2.00 bits per heavy atom. The van der Waals surface area contributed by atoms with E-state index < -0.39 is 0 Å². The van der Waals surface area contributed by atoms with Crippen LogP contribution in [0.1, 0.15) is 43.0 Å². The fourth-order valence-corrected chi connectivity index (χ4v) is 2.59. The molecule has 0 radical (unpaired) electrons. The lowest BCUT2D eigenvalue weighted by molar-refractivity contribution is 0.0923. The highest BCUT2D eigenvalue weighted by Gasteiger charge is 2.22. The molecule has 0 spiro atoms. The molecule has 0 unspecified atom stereocenters. The average Bonchev–Trinajstić information content (AvgIpc) is 2.42. The Hall–Kier alpha value is -1.62. The van der Waals surface area contributed by atoms with E-state index in [0.717, 1.165) is 32.2 Å². The van der Waals surface area contributed by atoms with E-state index in [4.69, 9.17) is 0 Å². The van der Waals surface area contributed by atoms with Gasteiger partial charge in [0.1, 0.15) is 5.56 Å². The zero-order valence-corrected chi connectivity index (χ0v) is 11.2. The van der Waals surface area contributed by atoms with Crippen molar-refractivity contribution in [3.63, 3.8) is 0 Å². The Morgan fingerprint density at radius 1 is 1.32 bits per heavy atom. The fraction of sp³-hybridized carbons (Fsp3) is 0.571. The number of pyridine rings is 1. The van der Waals surface area contributed by atoms with Gasteiger partial charge < -0.3 is 15.6 Å². The second-order valence-electron chi connectivity index (χ2n) is 5.00. The van der Waals surface area contributed by atoms with Gasteiger partial charge in [0.05, 0.1) is 0 Å². The molecule has 1 aromatic rings. The maximum absolute atomic E-state index is 12.0. The third-order valence-corrected chi connectivity index (χ3v) is 3.62. The van der Waals surface area contributed by atoms with Gasteiger partial charge in [-0.1, -0.05) is 6.92 Å². The number of carbonyl (C=O) groups is 1. The van der Waals surface area contributed by atoms with E-state index in [0.29, 0.717) is 6.04 Å². The molecular weight excluding hydrogens is 242 g/mol. The molecule has 5 nitrogen and oxygen atoms in total. The average molecular weight is 263 g/mol. The van der Waals surface area contributed by atoms with Gasteiger partial charge >= 0.3 is 0 Å². The number of hydrogen-bond acceptors (Lipinski definition) is 3. The molecule has 5 heteroatoms. The second-order valence-corrected chi connectivity index (χ2v) is 5.00. The van der Waals surface area contributed by atoms with Crippen LogP contribution in [-0.4, -0.2) is 29.5 Å². The summed E-state index contributed by atoms with van der Waals surface area (Å²) in [7, 11) is 0. The maximum Gasteiger partial charge on any atom is 0.256 e. The van der Waals surface area contributed by atoms with Gasteiger partial charge in [0, 0.05) is 30.5 Å². The van der Waals surface area contributed by atoms with Crippen molar-refractivity contribution in [3.8, 4) is 0 Å². The molecule has 2 rings (SSSR count). The van der Waals surface area contributed by atoms with E-state index >= 15 is 0 Å². The van der Waals surface area contributed by atoms with Crippen molar-refractivity contribution >= 4 is 5.91 Å². The van der Waals surface area contributed by atoms with Crippen molar-refractivity contribution in [2.45, 2.75) is 44.7 Å². The lowest BCUT2D eigenvalue weighted by Crippen LogP contribution is -2.43. The zero-order chi connectivity index (χ0) is 13.7. The molecule has 1 fully saturated rings. The van der Waals surface area contributed by atoms with E-state index in [1.807, 2.05) is 0 Å². The molecule has 0 saturated heterocycles. The molecule has 1 amide bonds. The second kappa shape index (κ2) is 6.52. The summed E-state index contributed by atoms with van der Waals surface area (Å²) in [5.41, 5.74) is -0.0473. The highest BCUT2D eigenvalue weighted by Crippen LogP contribution is 2.18. The lowest BCUT2D eigenvalue weighted by atomic mass is 9.91. The molecule has 19 heavy (non-hydrogen) atoms. The smallest absolute Gasteiger partial charge is 0.256 e. The number of amides is 1. The van der Waals surface area contributed by atoms with E-state index in [1.165, 1.54) is 18.5 Å². The summed E-state index contributed by atoms with van der Waals surface area (Å²) in [6, 6.07) is 2.12. The summed E-state index contributed by atoms with van der Waals surface area (Å²) in [6.45, 7) is 3.09. The first-order valence-electron chi connectivity index (χ1n) is 6.92. The van der Waals surface area contributed by atoms with Gasteiger partial charge in [-0.05, 0) is 32.2 Å². The van der Waals surface area contributed by atoms with Gasteiger partial charge in [0.2, 0.25) is 0 Å². The van der Waals surface area contributed by atoms with Crippen LogP contribution >= 0.6 is 0 Å². The molecule has 3 N–H and O–H groups in total. The van der Waals surface area contributed by atoms with E-state index in [2.05, 4.69) is 22.5 Å². The molecule has 1 saturated carbocycles. The van der Waals surface area contributed by atoms with Gasteiger partial charge in [0.15, 0.2) is 5.43 Å². The Bertz CT molecular complexity index is 476. The molecule has 1 aliphatic carbocycles. The van der Waals surface area contributed by atoms with Crippen LogP contribution in [0.15, 0.2) is 23.3 Å². The highest BCUT2D eigenvalue weighted by atomic mass is 16.2. The van der Waals surface area contributed by atoms with Gasteiger partial charge in [0.25, 0.3) is 5.91 Å². The summed E-state index contributed by atoms with van der Waals surface area (Å²) in [4.78, 5) is 26.3. The van der Waals surface area contributed by atoms with E-state index in [-0.39, 0.29) is 22.9 Å². The minimum absolute atomic E-state index is 0.182. The minimum atomic E-state index is -0.270. The lowest BCUT2D eigenvalue weighted by Gasteiger charge is -2.29. The molecule has 0 bridgehead atoms. The molecule has 1 aromatic heterocycles. The third-order valence-electron chi connectivity index (χ3n) is 3.62. The highest BCUT2D eigenvalue weighted by molar-refractivity contribution is 5.93. The summed E-state index contributed by atoms with van der Waals surface area (Å²) in [5, 5.41) is 6.38. The van der Waals surface area contributed by atoms with Crippen LogP contribution in [0.3, 0.4) is 0 Å². The predicted molar refractivity (Wildman–Crippen MR) is 74.2 cm³/mol. The Balaban J connectivity index is 1.88. The van der Waals surface area contributed by atoms with Crippen molar-refractivity contribution < 1.29 is 4.79 Å². The van der Waals surface area contributed by atoms with Crippen molar-refractivity contribution in [2.24, 2.45) is 0 Å². The molecule has 1 aliphatic rings. The van der Waals surface area contributed by atoms with Crippen molar-refractivity contribution in [1.82, 2.24) is 15.6 Å². The van der Waals surface area contributed by atoms with Crippen LogP contribution in [0.4, 0.5) is 0 Å². The number of carbonyl (C=O) groups excluding carboxylic acids is 1. The first kappa shape index (κ1) is 13.8. The van der Waals surface area contributed by atoms with Gasteiger partial charge in [-0.25, -0.2) is 0 Å². The summed E-state index contributed by atoms with van der Waals surface area (Å²) in [6.07, 6.45) is 7.07. The first-order chi connectivity index (χ1) is 9.20. The summed E-state index contributed by atoms with van der Waals surface area (Å²) in [5.74, 6) is -0.270. The van der Waals surface area contributed by atoms with Crippen LogP contribution in [0.5, 0.6) is 0 Å². The Labute approximate surface area is 112 Å². The van der Waals surface area contributed by atoms with E-state index in [1.54, 1.807) is 0 Å². The first-order valence-corrected chi connectivity index (χ1v) is 6.92. The third kappa shape index (κ3) is 3.67.